The summed E-state index contributed by atoms with van der Waals surface area (Å²) < 4.78 is 0. The molecule has 1 unspecified atom stereocenters. The molecule has 0 saturated heterocycles. The van der Waals surface area contributed by atoms with Gasteiger partial charge in [0, 0.05) is 0 Å². The SMILES string of the molecule is [CH2]CCCC(CCC)C1CCCCC1. The third kappa shape index (κ3) is 4.02. The van der Waals surface area contributed by atoms with Crippen LogP contribution in [0.1, 0.15) is 71.1 Å². The maximum Gasteiger partial charge on any atom is -0.0386 e. The van der Waals surface area contributed by atoms with Gasteiger partial charge in [-0.25, -0.2) is 0 Å². The highest BCUT2D eigenvalue weighted by Crippen LogP contribution is 2.35. The molecule has 83 valence electrons. The van der Waals surface area contributed by atoms with Crippen LogP contribution in [0.3, 0.4) is 0 Å². The zero-order chi connectivity index (χ0) is 10.2. The molecule has 1 aliphatic carbocycles. The molecule has 14 heavy (non-hydrogen) atoms. The van der Waals surface area contributed by atoms with E-state index in [0.29, 0.717) is 0 Å². The van der Waals surface area contributed by atoms with E-state index in [1.807, 2.05) is 0 Å². The minimum Gasteiger partial charge on any atom is -0.0654 e. The Morgan fingerprint density at radius 1 is 1.14 bits per heavy atom. The molecule has 0 amide bonds. The molecule has 0 heteroatoms. The van der Waals surface area contributed by atoms with Gasteiger partial charge in [0.05, 0.1) is 0 Å². The highest BCUT2D eigenvalue weighted by molar-refractivity contribution is 4.74. The summed E-state index contributed by atoms with van der Waals surface area (Å²) in [6.45, 7) is 6.30. The number of hydrogen-bond acceptors (Lipinski definition) is 0. The van der Waals surface area contributed by atoms with Crippen molar-refractivity contribution in [2.45, 2.75) is 71.1 Å². The first-order valence-electron chi connectivity index (χ1n) is 6.67. The van der Waals surface area contributed by atoms with Crippen LogP contribution in [0.2, 0.25) is 0 Å². The average Bonchev–Trinajstić information content (AvgIpc) is 2.25. The van der Waals surface area contributed by atoms with Gasteiger partial charge >= 0.3 is 0 Å². The van der Waals surface area contributed by atoms with Crippen LogP contribution in [0, 0.1) is 18.8 Å². The van der Waals surface area contributed by atoms with Crippen LogP contribution in [0.4, 0.5) is 0 Å². The molecule has 0 heterocycles. The zero-order valence-corrected chi connectivity index (χ0v) is 9.93. The summed E-state index contributed by atoms with van der Waals surface area (Å²) in [6.07, 6.45) is 14.3. The van der Waals surface area contributed by atoms with Crippen LogP contribution < -0.4 is 0 Å². The number of unbranched alkanes of at least 4 members (excludes halogenated alkanes) is 1. The van der Waals surface area contributed by atoms with E-state index >= 15 is 0 Å². The van der Waals surface area contributed by atoms with E-state index in [1.165, 1.54) is 57.8 Å². The minimum absolute atomic E-state index is 1.03. The maximum absolute atomic E-state index is 3.96. The van der Waals surface area contributed by atoms with Crippen LogP contribution >= 0.6 is 0 Å². The van der Waals surface area contributed by atoms with Gasteiger partial charge in [0.25, 0.3) is 0 Å². The molecule has 1 aliphatic rings. The first kappa shape index (κ1) is 12.1. The van der Waals surface area contributed by atoms with Gasteiger partial charge < -0.3 is 0 Å². The second-order valence-electron chi connectivity index (χ2n) is 4.94. The van der Waals surface area contributed by atoms with Crippen molar-refractivity contribution in [3.8, 4) is 0 Å². The molecule has 0 aliphatic heterocycles. The van der Waals surface area contributed by atoms with Crippen LogP contribution in [0.5, 0.6) is 0 Å². The fourth-order valence-electron chi connectivity index (χ4n) is 3.00. The quantitative estimate of drug-likeness (QED) is 0.560. The Kier molecular flexibility index (Phi) is 6.31. The normalized spacial score (nSPS) is 21.0. The highest BCUT2D eigenvalue weighted by Gasteiger charge is 2.22. The molecule has 1 atom stereocenters. The average molecular weight is 195 g/mol. The van der Waals surface area contributed by atoms with Crippen molar-refractivity contribution in [1.29, 1.82) is 0 Å². The zero-order valence-electron chi connectivity index (χ0n) is 9.93. The van der Waals surface area contributed by atoms with Crippen molar-refractivity contribution in [1.82, 2.24) is 0 Å². The van der Waals surface area contributed by atoms with Crippen LogP contribution in [0.15, 0.2) is 0 Å². The van der Waals surface area contributed by atoms with Crippen molar-refractivity contribution < 1.29 is 0 Å². The van der Waals surface area contributed by atoms with Gasteiger partial charge in [-0.1, -0.05) is 78.1 Å². The molecule has 0 aromatic heterocycles. The van der Waals surface area contributed by atoms with Gasteiger partial charge in [-0.05, 0) is 11.8 Å². The maximum atomic E-state index is 3.96. The standard InChI is InChI=1S/C14H27/c1-3-5-10-13(9-4-2)14-11-7-6-8-12-14/h13-14H,1,3-12H2,2H3. The molecule has 0 aromatic carbocycles. The van der Waals surface area contributed by atoms with Crippen molar-refractivity contribution in [3.63, 3.8) is 0 Å². The van der Waals surface area contributed by atoms with Crippen molar-refractivity contribution >= 4 is 0 Å². The fraction of sp³-hybridized carbons (Fsp3) is 0.929. The van der Waals surface area contributed by atoms with E-state index in [9.17, 15) is 0 Å². The smallest absolute Gasteiger partial charge is 0.0386 e. The molecule has 0 bridgehead atoms. The Bertz CT molecular complexity index is 122. The second-order valence-corrected chi connectivity index (χ2v) is 4.94. The summed E-state index contributed by atoms with van der Waals surface area (Å²) in [4.78, 5) is 0. The van der Waals surface area contributed by atoms with Crippen molar-refractivity contribution in [3.05, 3.63) is 6.92 Å². The third-order valence-electron chi connectivity index (χ3n) is 3.80. The van der Waals surface area contributed by atoms with Gasteiger partial charge in [0.1, 0.15) is 0 Å². The van der Waals surface area contributed by atoms with Gasteiger partial charge in [0.15, 0.2) is 0 Å². The van der Waals surface area contributed by atoms with Gasteiger partial charge in [-0.15, -0.1) is 0 Å². The summed E-state index contributed by atoms with van der Waals surface area (Å²) in [6, 6.07) is 0. The lowest BCUT2D eigenvalue weighted by Crippen LogP contribution is -2.17. The summed E-state index contributed by atoms with van der Waals surface area (Å²) in [5.41, 5.74) is 0. The molecule has 0 aromatic rings. The van der Waals surface area contributed by atoms with E-state index in [1.54, 1.807) is 0 Å². The number of hydrogen-bond donors (Lipinski definition) is 0. The van der Waals surface area contributed by atoms with Crippen molar-refractivity contribution in [2.75, 3.05) is 0 Å². The molecule has 1 radical (unpaired) electrons. The Labute approximate surface area is 90.5 Å². The van der Waals surface area contributed by atoms with Crippen molar-refractivity contribution in [2.24, 2.45) is 11.8 Å². The van der Waals surface area contributed by atoms with E-state index in [4.69, 9.17) is 0 Å². The predicted octanol–water partition coefficient (Wildman–Crippen LogP) is 4.99. The second kappa shape index (κ2) is 7.31. The van der Waals surface area contributed by atoms with E-state index < -0.39 is 0 Å². The minimum atomic E-state index is 1.03. The predicted molar refractivity (Wildman–Crippen MR) is 64.2 cm³/mol. The highest BCUT2D eigenvalue weighted by atomic mass is 14.3. The van der Waals surface area contributed by atoms with Crippen LogP contribution in [-0.4, -0.2) is 0 Å². The Morgan fingerprint density at radius 3 is 2.43 bits per heavy atom. The van der Waals surface area contributed by atoms with Gasteiger partial charge in [0.2, 0.25) is 0 Å². The van der Waals surface area contributed by atoms with Gasteiger partial charge in [-0.2, -0.15) is 0 Å². The Morgan fingerprint density at radius 2 is 1.86 bits per heavy atom. The Balaban J connectivity index is 2.30. The van der Waals surface area contributed by atoms with Crippen LogP contribution in [-0.2, 0) is 0 Å². The van der Waals surface area contributed by atoms with E-state index in [-0.39, 0.29) is 0 Å². The Hall–Kier alpha value is 0. The van der Waals surface area contributed by atoms with Gasteiger partial charge in [-0.3, -0.25) is 0 Å². The topological polar surface area (TPSA) is 0 Å². The molecule has 0 N–H and O–H groups in total. The summed E-state index contributed by atoms with van der Waals surface area (Å²) in [5, 5.41) is 0. The lowest BCUT2D eigenvalue weighted by molar-refractivity contribution is 0.220. The number of rotatable bonds is 6. The molecule has 0 nitrogen and oxygen atoms in total. The molecule has 1 saturated carbocycles. The molecular formula is C14H27. The molecular weight excluding hydrogens is 168 g/mol. The van der Waals surface area contributed by atoms with Crippen LogP contribution in [0.25, 0.3) is 0 Å². The molecule has 1 fully saturated rings. The molecule has 0 spiro atoms. The third-order valence-corrected chi connectivity index (χ3v) is 3.80. The summed E-state index contributed by atoms with van der Waals surface area (Å²) in [7, 11) is 0. The lowest BCUT2D eigenvalue weighted by Gasteiger charge is -2.30. The van der Waals surface area contributed by atoms with E-state index in [0.717, 1.165) is 18.3 Å². The first-order chi connectivity index (χ1) is 6.88. The largest absolute Gasteiger partial charge is 0.0654 e. The van der Waals surface area contributed by atoms with E-state index in [2.05, 4.69) is 13.8 Å². The first-order valence-corrected chi connectivity index (χ1v) is 6.67. The lowest BCUT2D eigenvalue weighted by atomic mass is 9.76. The summed E-state index contributed by atoms with van der Waals surface area (Å²) in [5.74, 6) is 2.09. The monoisotopic (exact) mass is 195 g/mol. The molecule has 1 rings (SSSR count). The summed E-state index contributed by atoms with van der Waals surface area (Å²) >= 11 is 0. The fourth-order valence-corrected chi connectivity index (χ4v) is 3.00.